The average Bonchev–Trinajstić information content (AvgIpc) is 2.62. The Morgan fingerprint density at radius 1 is 1.35 bits per heavy atom. The molecular formula is C18H23N3O4S. The number of thioether (sulfide) groups is 1. The van der Waals surface area contributed by atoms with E-state index < -0.39 is 5.97 Å². The fourth-order valence-electron chi connectivity index (χ4n) is 2.54. The van der Waals surface area contributed by atoms with E-state index in [9.17, 15) is 14.4 Å². The van der Waals surface area contributed by atoms with Crippen molar-refractivity contribution in [1.29, 1.82) is 0 Å². The normalized spacial score (nSPS) is 12.0. The van der Waals surface area contributed by atoms with Gasteiger partial charge in [-0.3, -0.25) is 19.0 Å². The van der Waals surface area contributed by atoms with Crippen LogP contribution in [0, 0.1) is 0 Å². The summed E-state index contributed by atoms with van der Waals surface area (Å²) in [5.74, 6) is -0.574. The van der Waals surface area contributed by atoms with Crippen LogP contribution in [0.4, 0.5) is 0 Å². The summed E-state index contributed by atoms with van der Waals surface area (Å²) in [6.07, 6.45) is 1.89. The molecule has 140 valence electrons. The number of carbonyl (C=O) groups is 2. The molecule has 0 aliphatic heterocycles. The van der Waals surface area contributed by atoms with Gasteiger partial charge < -0.3 is 10.1 Å². The number of aromatic nitrogens is 2. The highest BCUT2D eigenvalue weighted by Crippen LogP contribution is 2.18. The molecule has 2 rings (SSSR count). The number of carbonyl (C=O) groups excluding carboxylic acids is 2. The molecule has 1 aromatic carbocycles. The largest absolute Gasteiger partial charge is 0.468 e. The molecule has 0 saturated heterocycles. The number of amides is 1. The van der Waals surface area contributed by atoms with Crippen LogP contribution in [0.1, 0.15) is 26.7 Å². The van der Waals surface area contributed by atoms with E-state index in [-0.39, 0.29) is 29.8 Å². The zero-order valence-electron chi connectivity index (χ0n) is 15.2. The quantitative estimate of drug-likeness (QED) is 0.430. The van der Waals surface area contributed by atoms with Crippen molar-refractivity contribution in [2.45, 2.75) is 44.4 Å². The third-order valence-electron chi connectivity index (χ3n) is 3.80. The molecule has 1 unspecified atom stereocenters. The predicted molar refractivity (Wildman–Crippen MR) is 101 cm³/mol. The number of fused-ring (bicyclic) bond motifs is 1. The molecule has 0 spiro atoms. The Balaban J connectivity index is 2.26. The van der Waals surface area contributed by atoms with Crippen molar-refractivity contribution >= 4 is 34.5 Å². The van der Waals surface area contributed by atoms with Gasteiger partial charge in [0, 0.05) is 6.04 Å². The van der Waals surface area contributed by atoms with Gasteiger partial charge in [0.1, 0.15) is 6.54 Å². The van der Waals surface area contributed by atoms with Gasteiger partial charge in [-0.25, -0.2) is 4.98 Å². The number of nitrogens with one attached hydrogen (secondary N) is 1. The molecular weight excluding hydrogens is 354 g/mol. The van der Waals surface area contributed by atoms with Crippen molar-refractivity contribution in [3.05, 3.63) is 34.6 Å². The summed E-state index contributed by atoms with van der Waals surface area (Å²) in [5, 5.41) is 3.64. The molecule has 1 aromatic heterocycles. The Labute approximate surface area is 156 Å². The smallest absolute Gasteiger partial charge is 0.325 e. The van der Waals surface area contributed by atoms with E-state index in [1.165, 1.54) is 11.7 Å². The molecule has 0 bridgehead atoms. The maximum atomic E-state index is 12.7. The van der Waals surface area contributed by atoms with Crippen LogP contribution in [0.2, 0.25) is 0 Å². The van der Waals surface area contributed by atoms with Gasteiger partial charge in [-0.15, -0.1) is 0 Å². The molecule has 2 aromatic rings. The number of esters is 1. The van der Waals surface area contributed by atoms with Crippen molar-refractivity contribution in [1.82, 2.24) is 14.9 Å². The number of nitrogens with zero attached hydrogens (tertiary/aromatic N) is 2. The first-order valence-corrected chi connectivity index (χ1v) is 9.43. The summed E-state index contributed by atoms with van der Waals surface area (Å²) < 4.78 is 5.92. The van der Waals surface area contributed by atoms with Crippen molar-refractivity contribution < 1.29 is 14.3 Å². The fourth-order valence-corrected chi connectivity index (χ4v) is 3.35. The van der Waals surface area contributed by atoms with Crippen LogP contribution in [0.25, 0.3) is 10.9 Å². The first kappa shape index (κ1) is 20.0. The molecule has 0 aliphatic carbocycles. The van der Waals surface area contributed by atoms with Crippen molar-refractivity contribution in [2.24, 2.45) is 0 Å². The Morgan fingerprint density at radius 2 is 2.08 bits per heavy atom. The lowest BCUT2D eigenvalue weighted by atomic mass is 10.2. The summed E-state index contributed by atoms with van der Waals surface area (Å²) in [4.78, 5) is 40.9. The first-order chi connectivity index (χ1) is 12.5. The lowest BCUT2D eigenvalue weighted by Crippen LogP contribution is -2.34. The topological polar surface area (TPSA) is 90.3 Å². The first-order valence-electron chi connectivity index (χ1n) is 8.44. The van der Waals surface area contributed by atoms with Gasteiger partial charge in [0.25, 0.3) is 5.56 Å². The van der Waals surface area contributed by atoms with E-state index in [1.54, 1.807) is 24.3 Å². The molecule has 7 nitrogen and oxygen atoms in total. The van der Waals surface area contributed by atoms with Gasteiger partial charge in [-0.1, -0.05) is 37.2 Å². The number of ether oxygens (including phenoxy) is 1. The number of hydrogen-bond donors (Lipinski definition) is 1. The molecule has 0 radical (unpaired) electrons. The average molecular weight is 377 g/mol. The fraction of sp³-hybridized carbons (Fsp3) is 0.444. The lowest BCUT2D eigenvalue weighted by Gasteiger charge is -2.14. The third-order valence-corrected chi connectivity index (χ3v) is 4.78. The molecule has 1 N–H and O–H groups in total. The number of para-hydroxylation sites is 1. The summed E-state index contributed by atoms with van der Waals surface area (Å²) >= 11 is 1.13. The highest BCUT2D eigenvalue weighted by Gasteiger charge is 2.16. The van der Waals surface area contributed by atoms with E-state index in [0.717, 1.165) is 24.6 Å². The summed E-state index contributed by atoms with van der Waals surface area (Å²) in [6.45, 7) is 3.76. The van der Waals surface area contributed by atoms with Crippen LogP contribution in [0.5, 0.6) is 0 Å². The van der Waals surface area contributed by atoms with Crippen LogP contribution >= 0.6 is 11.8 Å². The maximum Gasteiger partial charge on any atom is 0.325 e. The van der Waals surface area contributed by atoms with Gasteiger partial charge in [0.2, 0.25) is 5.91 Å². The number of hydrogen-bond acceptors (Lipinski definition) is 6. The molecule has 1 heterocycles. The van der Waals surface area contributed by atoms with E-state index in [4.69, 9.17) is 0 Å². The van der Waals surface area contributed by atoms with Crippen molar-refractivity contribution in [3.8, 4) is 0 Å². The Morgan fingerprint density at radius 3 is 2.77 bits per heavy atom. The highest BCUT2D eigenvalue weighted by molar-refractivity contribution is 7.99. The van der Waals surface area contributed by atoms with Gasteiger partial charge in [0.05, 0.1) is 23.8 Å². The monoisotopic (exact) mass is 377 g/mol. The summed E-state index contributed by atoms with van der Waals surface area (Å²) in [7, 11) is 1.26. The summed E-state index contributed by atoms with van der Waals surface area (Å²) in [5.41, 5.74) is 0.198. The van der Waals surface area contributed by atoms with E-state index in [2.05, 4.69) is 22.0 Å². The Bertz CT molecular complexity index is 850. The van der Waals surface area contributed by atoms with Gasteiger partial charge in [0.15, 0.2) is 5.16 Å². The van der Waals surface area contributed by atoms with Gasteiger partial charge in [-0.2, -0.15) is 0 Å². The summed E-state index contributed by atoms with van der Waals surface area (Å²) in [6, 6.07) is 7.00. The Kier molecular flexibility index (Phi) is 7.20. The number of methoxy groups -OCH3 is 1. The molecule has 0 fully saturated rings. The van der Waals surface area contributed by atoms with Gasteiger partial charge in [-0.05, 0) is 25.5 Å². The molecule has 1 atom stereocenters. The highest BCUT2D eigenvalue weighted by atomic mass is 32.2. The minimum absolute atomic E-state index is 0.0925. The number of benzene rings is 1. The van der Waals surface area contributed by atoms with Gasteiger partial charge >= 0.3 is 5.97 Å². The van der Waals surface area contributed by atoms with Crippen LogP contribution in [-0.4, -0.2) is 40.3 Å². The standard InChI is InChI=1S/C18H23N3O4S/c1-4-7-12(2)19-15(22)11-26-18-20-14-9-6-5-8-13(14)17(24)21(18)10-16(23)25-3/h5-6,8-9,12H,4,7,10-11H2,1-3H3,(H,19,22). The molecule has 26 heavy (non-hydrogen) atoms. The van der Waals surface area contributed by atoms with Crippen LogP contribution in [0.15, 0.2) is 34.2 Å². The lowest BCUT2D eigenvalue weighted by molar-refractivity contribution is -0.141. The van der Waals surface area contributed by atoms with E-state index in [0.29, 0.717) is 16.1 Å². The zero-order valence-corrected chi connectivity index (χ0v) is 16.0. The van der Waals surface area contributed by atoms with Crippen LogP contribution < -0.4 is 10.9 Å². The SMILES string of the molecule is CCCC(C)NC(=O)CSc1nc2ccccc2c(=O)n1CC(=O)OC. The van der Waals surface area contributed by atoms with E-state index in [1.807, 2.05) is 6.92 Å². The van der Waals surface area contributed by atoms with E-state index >= 15 is 0 Å². The molecule has 0 aliphatic rings. The maximum absolute atomic E-state index is 12.7. The minimum Gasteiger partial charge on any atom is -0.468 e. The third kappa shape index (κ3) is 5.08. The Hall–Kier alpha value is -2.35. The van der Waals surface area contributed by atoms with Crippen LogP contribution in [-0.2, 0) is 20.9 Å². The second kappa shape index (κ2) is 9.38. The second-order valence-corrected chi connectivity index (χ2v) is 6.87. The second-order valence-electron chi connectivity index (χ2n) is 5.92. The van der Waals surface area contributed by atoms with Crippen LogP contribution in [0.3, 0.4) is 0 Å². The number of rotatable bonds is 8. The molecule has 8 heteroatoms. The van der Waals surface area contributed by atoms with Crippen molar-refractivity contribution in [3.63, 3.8) is 0 Å². The minimum atomic E-state index is -0.549. The predicted octanol–water partition coefficient (Wildman–Crippen LogP) is 1.97. The zero-order chi connectivity index (χ0) is 19.1. The van der Waals surface area contributed by atoms with Crippen molar-refractivity contribution in [2.75, 3.05) is 12.9 Å². The molecule has 1 amide bonds. The molecule has 0 saturated carbocycles.